The lowest BCUT2D eigenvalue weighted by Gasteiger charge is -2.36. The minimum absolute atomic E-state index is 0. The predicted molar refractivity (Wildman–Crippen MR) is 134 cm³/mol. The van der Waals surface area contributed by atoms with Crippen molar-refractivity contribution < 1.29 is 4.52 Å². The van der Waals surface area contributed by atoms with Crippen molar-refractivity contribution in [2.24, 2.45) is 4.99 Å². The van der Waals surface area contributed by atoms with Gasteiger partial charge >= 0.3 is 0 Å². The fraction of sp³-hybridized carbons (Fsp3) is 0.545. The number of para-hydroxylation sites is 1. The van der Waals surface area contributed by atoms with Gasteiger partial charge in [0.05, 0.1) is 5.69 Å². The Morgan fingerprint density at radius 2 is 1.90 bits per heavy atom. The van der Waals surface area contributed by atoms with E-state index in [2.05, 4.69) is 69.4 Å². The quantitative estimate of drug-likeness (QED) is 0.234. The van der Waals surface area contributed by atoms with E-state index in [-0.39, 0.29) is 24.0 Å². The van der Waals surface area contributed by atoms with Crippen molar-refractivity contribution in [2.75, 3.05) is 57.3 Å². The highest BCUT2D eigenvalue weighted by atomic mass is 127. The number of hydrogen-bond acceptors (Lipinski definition) is 5. The van der Waals surface area contributed by atoms with Crippen LogP contribution in [-0.2, 0) is 6.54 Å². The van der Waals surface area contributed by atoms with Crippen molar-refractivity contribution in [1.29, 1.82) is 0 Å². The molecule has 1 saturated heterocycles. The molecular formula is C22H35IN6O. The summed E-state index contributed by atoms with van der Waals surface area (Å²) in [6.07, 6.45) is 2.68. The van der Waals surface area contributed by atoms with Crippen LogP contribution in [0.3, 0.4) is 0 Å². The number of aromatic nitrogens is 1. The SMILES string of the molecule is CCNC(=NCCCN(CC)c1ccccc1)N1CCN(Cc2ccon2)CC1.I. The van der Waals surface area contributed by atoms with Gasteiger partial charge in [-0.2, -0.15) is 0 Å². The average molecular weight is 526 g/mol. The lowest BCUT2D eigenvalue weighted by Crippen LogP contribution is -2.52. The van der Waals surface area contributed by atoms with E-state index in [9.17, 15) is 0 Å². The molecule has 1 fully saturated rings. The molecule has 1 N–H and O–H groups in total. The molecule has 2 aromatic rings. The van der Waals surface area contributed by atoms with Crippen molar-refractivity contribution in [3.05, 3.63) is 48.4 Å². The summed E-state index contributed by atoms with van der Waals surface area (Å²) >= 11 is 0. The largest absolute Gasteiger partial charge is 0.372 e. The fourth-order valence-electron chi connectivity index (χ4n) is 3.65. The number of nitrogens with one attached hydrogen (secondary N) is 1. The van der Waals surface area contributed by atoms with Gasteiger partial charge in [-0.1, -0.05) is 23.4 Å². The van der Waals surface area contributed by atoms with Crippen LogP contribution in [0.25, 0.3) is 0 Å². The van der Waals surface area contributed by atoms with Crippen molar-refractivity contribution in [3.63, 3.8) is 0 Å². The second-order valence-electron chi connectivity index (χ2n) is 7.26. The van der Waals surface area contributed by atoms with Gasteiger partial charge in [0.15, 0.2) is 5.96 Å². The maximum Gasteiger partial charge on any atom is 0.194 e. The van der Waals surface area contributed by atoms with Gasteiger partial charge in [-0.15, -0.1) is 24.0 Å². The number of rotatable bonds is 9. The lowest BCUT2D eigenvalue weighted by molar-refractivity contribution is 0.169. The number of halogens is 1. The Morgan fingerprint density at radius 3 is 2.53 bits per heavy atom. The van der Waals surface area contributed by atoms with Crippen LogP contribution in [0.2, 0.25) is 0 Å². The summed E-state index contributed by atoms with van der Waals surface area (Å²) in [4.78, 5) is 12.1. The van der Waals surface area contributed by atoms with Gasteiger partial charge in [0, 0.05) is 70.7 Å². The summed E-state index contributed by atoms with van der Waals surface area (Å²) in [5.41, 5.74) is 2.28. The van der Waals surface area contributed by atoms with Crippen LogP contribution in [0.15, 0.2) is 52.2 Å². The fourth-order valence-corrected chi connectivity index (χ4v) is 3.65. The topological polar surface area (TPSA) is 60.1 Å². The number of piperazine rings is 1. The van der Waals surface area contributed by atoms with Crippen molar-refractivity contribution in [2.45, 2.75) is 26.8 Å². The highest BCUT2D eigenvalue weighted by Crippen LogP contribution is 2.13. The third kappa shape index (κ3) is 7.46. The van der Waals surface area contributed by atoms with E-state index in [4.69, 9.17) is 9.52 Å². The van der Waals surface area contributed by atoms with Crippen LogP contribution < -0.4 is 10.2 Å². The first-order chi connectivity index (χ1) is 14.3. The molecule has 0 radical (unpaired) electrons. The minimum Gasteiger partial charge on any atom is -0.372 e. The Bertz CT molecular complexity index is 716. The summed E-state index contributed by atoms with van der Waals surface area (Å²) < 4.78 is 4.94. The second kappa shape index (κ2) is 13.5. The smallest absolute Gasteiger partial charge is 0.194 e. The number of aliphatic imine (C=N–C) groups is 1. The van der Waals surface area contributed by atoms with Crippen molar-refractivity contribution in [1.82, 2.24) is 20.3 Å². The van der Waals surface area contributed by atoms with Crippen LogP contribution >= 0.6 is 24.0 Å². The van der Waals surface area contributed by atoms with Crippen molar-refractivity contribution in [3.8, 4) is 0 Å². The van der Waals surface area contributed by atoms with E-state index in [1.165, 1.54) is 5.69 Å². The Kier molecular flexibility index (Phi) is 11.0. The van der Waals surface area contributed by atoms with E-state index >= 15 is 0 Å². The number of hydrogen-bond donors (Lipinski definition) is 1. The predicted octanol–water partition coefficient (Wildman–Crippen LogP) is 3.29. The van der Waals surface area contributed by atoms with Gasteiger partial charge in [0.25, 0.3) is 0 Å². The molecule has 0 bridgehead atoms. The first-order valence-electron chi connectivity index (χ1n) is 10.7. The monoisotopic (exact) mass is 526 g/mol. The van der Waals surface area contributed by atoms with E-state index in [0.29, 0.717) is 0 Å². The summed E-state index contributed by atoms with van der Waals surface area (Å²) in [5.74, 6) is 1.04. The second-order valence-corrected chi connectivity index (χ2v) is 7.26. The molecule has 2 heterocycles. The Hall–Kier alpha value is -1.81. The van der Waals surface area contributed by atoms with Gasteiger partial charge in [0.1, 0.15) is 6.26 Å². The molecule has 1 aliphatic heterocycles. The molecule has 1 aliphatic rings. The van der Waals surface area contributed by atoms with Gasteiger partial charge in [-0.05, 0) is 32.4 Å². The van der Waals surface area contributed by atoms with Crippen LogP contribution in [0.1, 0.15) is 26.0 Å². The molecule has 0 saturated carbocycles. The van der Waals surface area contributed by atoms with Gasteiger partial charge in [-0.25, -0.2) is 0 Å². The summed E-state index contributed by atoms with van der Waals surface area (Å²) in [6.45, 7) is 12.9. The third-order valence-electron chi connectivity index (χ3n) is 5.23. The number of guanidine groups is 1. The highest BCUT2D eigenvalue weighted by molar-refractivity contribution is 14.0. The molecule has 0 atom stereocenters. The molecule has 8 heteroatoms. The molecule has 0 spiro atoms. The van der Waals surface area contributed by atoms with Crippen LogP contribution in [0, 0.1) is 0 Å². The standard InChI is InChI=1S/C22H34N6O.HI/c1-3-23-22(24-12-8-13-27(4-2)21-9-6-5-7-10-21)28-16-14-26(15-17-28)19-20-11-18-29-25-20;/h5-7,9-11,18H,3-4,8,12-17,19H2,1-2H3,(H,23,24);1H. The molecular weight excluding hydrogens is 491 g/mol. The van der Waals surface area contributed by atoms with E-state index in [1.54, 1.807) is 6.26 Å². The summed E-state index contributed by atoms with van der Waals surface area (Å²) in [6, 6.07) is 12.6. The zero-order valence-electron chi connectivity index (χ0n) is 18.2. The Morgan fingerprint density at radius 1 is 1.13 bits per heavy atom. The first-order valence-corrected chi connectivity index (χ1v) is 10.7. The summed E-state index contributed by atoms with van der Waals surface area (Å²) in [7, 11) is 0. The van der Waals surface area contributed by atoms with Crippen LogP contribution in [0.4, 0.5) is 5.69 Å². The molecule has 0 aliphatic carbocycles. The number of anilines is 1. The minimum atomic E-state index is 0. The average Bonchev–Trinajstić information content (AvgIpc) is 3.27. The third-order valence-corrected chi connectivity index (χ3v) is 5.23. The van der Waals surface area contributed by atoms with Gasteiger partial charge in [-0.3, -0.25) is 9.89 Å². The van der Waals surface area contributed by atoms with E-state index in [1.807, 2.05) is 6.07 Å². The van der Waals surface area contributed by atoms with Gasteiger partial charge < -0.3 is 19.6 Å². The molecule has 0 unspecified atom stereocenters. The first kappa shape index (κ1) is 24.5. The Balaban J connectivity index is 0.00000320. The normalized spacial score (nSPS) is 15.0. The molecule has 3 rings (SSSR count). The van der Waals surface area contributed by atoms with Gasteiger partial charge in [0.2, 0.25) is 0 Å². The highest BCUT2D eigenvalue weighted by Gasteiger charge is 2.20. The number of benzene rings is 1. The summed E-state index contributed by atoms with van der Waals surface area (Å²) in [5, 5.41) is 7.48. The zero-order valence-corrected chi connectivity index (χ0v) is 20.5. The molecule has 166 valence electrons. The number of nitrogens with zero attached hydrogens (tertiary/aromatic N) is 5. The maximum absolute atomic E-state index is 4.94. The van der Waals surface area contributed by atoms with E-state index in [0.717, 1.165) is 77.0 Å². The Labute approximate surface area is 197 Å². The van der Waals surface area contributed by atoms with Crippen LogP contribution in [-0.4, -0.2) is 73.3 Å². The van der Waals surface area contributed by atoms with Crippen LogP contribution in [0.5, 0.6) is 0 Å². The molecule has 1 aromatic carbocycles. The molecule has 1 aromatic heterocycles. The molecule has 0 amide bonds. The van der Waals surface area contributed by atoms with E-state index < -0.39 is 0 Å². The lowest BCUT2D eigenvalue weighted by atomic mass is 10.2. The zero-order chi connectivity index (χ0) is 20.3. The molecule has 7 nitrogen and oxygen atoms in total. The maximum atomic E-state index is 4.94. The van der Waals surface area contributed by atoms with Crippen molar-refractivity contribution >= 4 is 35.6 Å². The molecule has 30 heavy (non-hydrogen) atoms.